The van der Waals surface area contributed by atoms with Gasteiger partial charge in [0.25, 0.3) is 0 Å². The highest BCUT2D eigenvalue weighted by Crippen LogP contribution is 2.20. The molecule has 3 aromatic rings. The van der Waals surface area contributed by atoms with E-state index in [1.54, 1.807) is 10.7 Å². The Balaban J connectivity index is 1.64. The van der Waals surface area contributed by atoms with Crippen LogP contribution in [0, 0.1) is 10.6 Å². The summed E-state index contributed by atoms with van der Waals surface area (Å²) in [6, 6.07) is 12.0. The van der Waals surface area contributed by atoms with Gasteiger partial charge >= 0.3 is 0 Å². The SMILES string of the molecule is CCc1n[nH]c(=S)n1NCc1cccc(OCc2ccc(F)cc2Cl)c1. The van der Waals surface area contributed by atoms with Crippen LogP contribution >= 0.6 is 23.8 Å². The van der Waals surface area contributed by atoms with Gasteiger partial charge in [-0.15, -0.1) is 0 Å². The predicted octanol–water partition coefficient (Wildman–Crippen LogP) is 4.62. The van der Waals surface area contributed by atoms with E-state index in [1.807, 2.05) is 31.2 Å². The Morgan fingerprint density at radius 2 is 2.15 bits per heavy atom. The van der Waals surface area contributed by atoms with Gasteiger partial charge in [-0.2, -0.15) is 5.10 Å². The van der Waals surface area contributed by atoms with E-state index >= 15 is 0 Å². The second kappa shape index (κ2) is 8.33. The molecule has 136 valence electrons. The summed E-state index contributed by atoms with van der Waals surface area (Å²) in [5.41, 5.74) is 5.00. The second-order valence-corrected chi connectivity index (χ2v) is 6.43. The van der Waals surface area contributed by atoms with Crippen molar-refractivity contribution in [3.63, 3.8) is 0 Å². The summed E-state index contributed by atoms with van der Waals surface area (Å²) in [6.45, 7) is 2.84. The van der Waals surface area contributed by atoms with E-state index in [2.05, 4.69) is 15.6 Å². The van der Waals surface area contributed by atoms with Crippen molar-refractivity contribution in [2.75, 3.05) is 5.43 Å². The number of H-pyrrole nitrogens is 1. The zero-order valence-corrected chi connectivity index (χ0v) is 15.7. The molecule has 0 amide bonds. The average Bonchev–Trinajstić information content (AvgIpc) is 2.99. The number of halogens is 2. The minimum Gasteiger partial charge on any atom is -0.489 e. The maximum absolute atomic E-state index is 13.1. The molecule has 1 heterocycles. The summed E-state index contributed by atoms with van der Waals surface area (Å²) in [5.74, 6) is 1.18. The van der Waals surface area contributed by atoms with Gasteiger partial charge in [-0.3, -0.25) is 5.10 Å². The summed E-state index contributed by atoms with van der Waals surface area (Å²) in [4.78, 5) is 0. The van der Waals surface area contributed by atoms with Gasteiger partial charge in [-0.25, -0.2) is 9.07 Å². The molecule has 0 atom stereocenters. The lowest BCUT2D eigenvalue weighted by Crippen LogP contribution is -2.17. The van der Waals surface area contributed by atoms with Crippen molar-refractivity contribution in [2.24, 2.45) is 0 Å². The van der Waals surface area contributed by atoms with Gasteiger partial charge in [0.15, 0.2) is 5.82 Å². The molecule has 0 aliphatic heterocycles. The first-order chi connectivity index (χ1) is 12.6. The molecule has 2 aromatic carbocycles. The standard InChI is InChI=1S/C18H18ClFN4OS/c1-2-17-22-23-18(26)24(17)21-10-12-4-3-5-15(8-12)25-11-13-6-7-14(20)9-16(13)19/h3-9,21H,2,10-11H2,1H3,(H,23,26). The molecule has 0 radical (unpaired) electrons. The van der Waals surface area contributed by atoms with Crippen molar-refractivity contribution in [1.82, 2.24) is 14.9 Å². The second-order valence-electron chi connectivity index (χ2n) is 5.64. The van der Waals surface area contributed by atoms with Gasteiger partial charge < -0.3 is 10.2 Å². The Hall–Kier alpha value is -2.38. The number of nitrogens with one attached hydrogen (secondary N) is 2. The van der Waals surface area contributed by atoms with Crippen molar-refractivity contribution in [1.29, 1.82) is 0 Å². The van der Waals surface area contributed by atoms with Crippen molar-refractivity contribution < 1.29 is 9.13 Å². The normalized spacial score (nSPS) is 10.7. The van der Waals surface area contributed by atoms with Crippen molar-refractivity contribution in [2.45, 2.75) is 26.5 Å². The Labute approximate surface area is 160 Å². The third kappa shape index (κ3) is 4.42. The van der Waals surface area contributed by atoms with Gasteiger partial charge in [0.1, 0.15) is 18.2 Å². The van der Waals surface area contributed by atoms with Crippen LogP contribution in [-0.2, 0) is 19.6 Å². The molecule has 0 aliphatic rings. The lowest BCUT2D eigenvalue weighted by Gasteiger charge is -2.11. The lowest BCUT2D eigenvalue weighted by atomic mass is 10.2. The van der Waals surface area contributed by atoms with Crippen LogP contribution in [0.2, 0.25) is 5.02 Å². The topological polar surface area (TPSA) is 54.9 Å². The van der Waals surface area contributed by atoms with Gasteiger partial charge in [-0.1, -0.05) is 36.7 Å². The molecular formula is C18H18ClFN4OS. The van der Waals surface area contributed by atoms with E-state index in [1.165, 1.54) is 12.1 Å². The van der Waals surface area contributed by atoms with Crippen LogP contribution in [0.15, 0.2) is 42.5 Å². The summed E-state index contributed by atoms with van der Waals surface area (Å²) < 4.78 is 21.2. The number of hydrogen-bond acceptors (Lipinski definition) is 4. The minimum absolute atomic E-state index is 0.267. The zero-order valence-electron chi connectivity index (χ0n) is 14.1. The molecule has 0 unspecified atom stereocenters. The molecule has 26 heavy (non-hydrogen) atoms. The highest BCUT2D eigenvalue weighted by atomic mass is 35.5. The number of aryl methyl sites for hydroxylation is 1. The van der Waals surface area contributed by atoms with Crippen molar-refractivity contribution in [3.8, 4) is 5.75 Å². The van der Waals surface area contributed by atoms with E-state index in [0.29, 0.717) is 22.1 Å². The van der Waals surface area contributed by atoms with E-state index < -0.39 is 0 Å². The van der Waals surface area contributed by atoms with E-state index in [4.69, 9.17) is 28.6 Å². The third-order valence-corrected chi connectivity index (χ3v) is 4.43. The van der Waals surface area contributed by atoms with Crippen LogP contribution < -0.4 is 10.2 Å². The molecule has 0 bridgehead atoms. The van der Waals surface area contributed by atoms with Crippen LogP contribution in [0.25, 0.3) is 0 Å². The molecule has 1 aromatic heterocycles. The van der Waals surface area contributed by atoms with Gasteiger partial charge in [-0.05, 0) is 42.0 Å². The van der Waals surface area contributed by atoms with Crippen molar-refractivity contribution >= 4 is 23.8 Å². The van der Waals surface area contributed by atoms with Crippen LogP contribution in [0.1, 0.15) is 23.9 Å². The fourth-order valence-electron chi connectivity index (χ4n) is 2.45. The van der Waals surface area contributed by atoms with E-state index in [9.17, 15) is 4.39 Å². The van der Waals surface area contributed by atoms with E-state index in [-0.39, 0.29) is 12.4 Å². The van der Waals surface area contributed by atoms with Gasteiger partial charge in [0.05, 0.1) is 11.6 Å². The predicted molar refractivity (Wildman–Crippen MR) is 102 cm³/mol. The lowest BCUT2D eigenvalue weighted by molar-refractivity contribution is 0.306. The van der Waals surface area contributed by atoms with Crippen molar-refractivity contribution in [3.05, 3.63) is 75.0 Å². The van der Waals surface area contributed by atoms with Gasteiger partial charge in [0.2, 0.25) is 4.77 Å². The number of aromatic nitrogens is 3. The molecule has 0 spiro atoms. The minimum atomic E-state index is -0.365. The number of rotatable bonds is 7. The van der Waals surface area contributed by atoms with Gasteiger partial charge in [0, 0.05) is 12.0 Å². The quantitative estimate of drug-likeness (QED) is 0.576. The Morgan fingerprint density at radius 3 is 2.92 bits per heavy atom. The molecule has 0 saturated carbocycles. The summed E-state index contributed by atoms with van der Waals surface area (Å²) in [5, 5.41) is 7.28. The average molecular weight is 393 g/mol. The number of aromatic amines is 1. The fourth-order valence-corrected chi connectivity index (χ4v) is 2.88. The van der Waals surface area contributed by atoms with Crippen LogP contribution in [0.3, 0.4) is 0 Å². The molecular weight excluding hydrogens is 375 g/mol. The maximum atomic E-state index is 13.1. The Kier molecular flexibility index (Phi) is 5.90. The van der Waals surface area contributed by atoms with Crippen LogP contribution in [-0.4, -0.2) is 14.9 Å². The fraction of sp³-hybridized carbons (Fsp3) is 0.222. The molecule has 8 heteroatoms. The molecule has 0 fully saturated rings. The molecule has 3 rings (SSSR count). The molecule has 5 nitrogen and oxygen atoms in total. The third-order valence-electron chi connectivity index (χ3n) is 3.81. The molecule has 0 saturated heterocycles. The Morgan fingerprint density at radius 1 is 1.31 bits per heavy atom. The highest BCUT2D eigenvalue weighted by molar-refractivity contribution is 7.71. The zero-order chi connectivity index (χ0) is 18.5. The monoisotopic (exact) mass is 392 g/mol. The summed E-state index contributed by atoms with van der Waals surface area (Å²) >= 11 is 11.2. The first-order valence-electron chi connectivity index (χ1n) is 8.12. The van der Waals surface area contributed by atoms with Crippen LogP contribution in [0.4, 0.5) is 4.39 Å². The number of benzene rings is 2. The first kappa shape index (κ1) is 18.4. The number of nitrogens with zero attached hydrogens (tertiary/aromatic N) is 2. The number of ether oxygens (including phenoxy) is 1. The summed E-state index contributed by atoms with van der Waals surface area (Å²) in [7, 11) is 0. The van der Waals surface area contributed by atoms with E-state index in [0.717, 1.165) is 23.4 Å². The summed E-state index contributed by atoms with van der Waals surface area (Å²) in [6.07, 6.45) is 0.766. The van der Waals surface area contributed by atoms with Crippen LogP contribution in [0.5, 0.6) is 5.75 Å². The largest absolute Gasteiger partial charge is 0.489 e. The Bertz CT molecular complexity index is 956. The number of hydrogen-bond donors (Lipinski definition) is 2. The smallest absolute Gasteiger partial charge is 0.214 e. The maximum Gasteiger partial charge on any atom is 0.214 e. The first-order valence-corrected chi connectivity index (χ1v) is 8.91. The molecule has 0 aliphatic carbocycles. The molecule has 2 N–H and O–H groups in total. The highest BCUT2D eigenvalue weighted by Gasteiger charge is 2.05.